The van der Waals surface area contributed by atoms with Gasteiger partial charge in [-0.1, -0.05) is 69.2 Å². The number of anilines is 2. The molecular formula is C61H83N13O18S6. The normalized spacial score (nSPS) is 12.1. The molecule has 0 aliphatic carbocycles. The number of primary sulfonamides is 1. The maximum absolute atomic E-state index is 12.8. The lowest BCUT2D eigenvalue weighted by molar-refractivity contribution is 0.0913. The average Bonchev–Trinajstić information content (AvgIpc) is 0.856. The van der Waals surface area contributed by atoms with Gasteiger partial charge in [-0.05, 0) is 161 Å². The summed E-state index contributed by atoms with van der Waals surface area (Å²) in [5.74, 6) is 0.489. The van der Waals surface area contributed by atoms with Crippen molar-refractivity contribution in [2.75, 3.05) is 31.8 Å². The molecule has 0 aliphatic heterocycles. The zero-order valence-electron chi connectivity index (χ0n) is 55.9. The van der Waals surface area contributed by atoms with Crippen molar-refractivity contribution in [2.24, 2.45) is 5.14 Å². The van der Waals surface area contributed by atoms with E-state index in [0.29, 0.717) is 23.7 Å². The second-order valence-electron chi connectivity index (χ2n) is 22.8. The number of urea groups is 2. The predicted molar refractivity (Wildman–Crippen MR) is 366 cm³/mol. The van der Waals surface area contributed by atoms with Crippen molar-refractivity contribution >= 4 is 89.5 Å². The summed E-state index contributed by atoms with van der Waals surface area (Å²) < 4.78 is 156. The lowest BCUT2D eigenvalue weighted by Crippen LogP contribution is -2.35. The third kappa shape index (κ3) is 22.0. The van der Waals surface area contributed by atoms with Crippen molar-refractivity contribution in [1.82, 2.24) is 48.1 Å². The number of hydrogen-bond acceptors (Lipinski definition) is 22. The molecule has 0 saturated carbocycles. The molecule has 4 aromatic heterocycles. The first-order chi connectivity index (χ1) is 45.6. The Morgan fingerprint density at radius 2 is 0.755 bits per heavy atom. The Balaban J connectivity index is 0.000000289. The van der Waals surface area contributed by atoms with Gasteiger partial charge >= 0.3 is 12.1 Å². The molecule has 98 heavy (non-hydrogen) atoms. The molecule has 536 valence electrons. The van der Waals surface area contributed by atoms with Crippen molar-refractivity contribution in [2.45, 2.75) is 154 Å². The van der Waals surface area contributed by atoms with Crippen molar-refractivity contribution in [3.63, 3.8) is 0 Å². The van der Waals surface area contributed by atoms with Crippen LogP contribution in [0.1, 0.15) is 154 Å². The van der Waals surface area contributed by atoms with Gasteiger partial charge < -0.3 is 26.0 Å². The third-order valence-electron chi connectivity index (χ3n) is 14.4. The number of hydrogen-bond donors (Lipinski definition) is 11. The van der Waals surface area contributed by atoms with E-state index in [-0.39, 0.29) is 65.9 Å². The molecule has 3 aromatic carbocycles. The van der Waals surface area contributed by atoms with Crippen LogP contribution in [0.25, 0.3) is 0 Å². The van der Waals surface area contributed by atoms with Gasteiger partial charge in [-0.3, -0.25) is 24.3 Å². The number of carbonyl (C=O) groups is 3. The van der Waals surface area contributed by atoms with E-state index in [2.05, 4.69) is 58.6 Å². The van der Waals surface area contributed by atoms with Crippen LogP contribution in [0.15, 0.2) is 146 Å². The van der Waals surface area contributed by atoms with Gasteiger partial charge in [-0.2, -0.15) is 0 Å². The summed E-state index contributed by atoms with van der Waals surface area (Å²) in [7, 11) is -20.5. The molecule has 0 bridgehead atoms. The van der Waals surface area contributed by atoms with Crippen LogP contribution in [0.5, 0.6) is 0 Å². The van der Waals surface area contributed by atoms with Gasteiger partial charge in [-0.25, -0.2) is 93.8 Å². The number of benzene rings is 3. The molecular weight excluding hydrogens is 1400 g/mol. The molecule has 0 atom stereocenters. The first-order valence-corrected chi connectivity index (χ1v) is 38.7. The van der Waals surface area contributed by atoms with E-state index in [4.69, 9.17) is 10.2 Å². The van der Waals surface area contributed by atoms with Crippen molar-refractivity contribution in [3.8, 4) is 0 Å². The summed E-state index contributed by atoms with van der Waals surface area (Å²) in [4.78, 5) is 51.9. The Morgan fingerprint density at radius 1 is 0.429 bits per heavy atom. The summed E-state index contributed by atoms with van der Waals surface area (Å²) in [6.07, 6.45) is 15.2. The van der Waals surface area contributed by atoms with Crippen LogP contribution >= 0.6 is 0 Å². The van der Waals surface area contributed by atoms with Gasteiger partial charge in [0.05, 0.1) is 67.0 Å². The highest BCUT2D eigenvalue weighted by Crippen LogP contribution is 2.34. The minimum absolute atomic E-state index is 0.0237. The fourth-order valence-corrected chi connectivity index (χ4v) is 14.5. The summed E-state index contributed by atoms with van der Waals surface area (Å²) >= 11 is 0. The zero-order valence-corrected chi connectivity index (χ0v) is 60.8. The number of carbonyl (C=O) groups excluding carboxylic acids is 3. The number of rotatable bonds is 23. The molecule has 7 aromatic rings. The fourth-order valence-electron chi connectivity index (χ4n) is 9.13. The van der Waals surface area contributed by atoms with Crippen LogP contribution in [0, 0.1) is 0 Å². The summed E-state index contributed by atoms with van der Waals surface area (Å²) in [6, 6.07) is 9.41. The van der Waals surface area contributed by atoms with E-state index in [0.717, 1.165) is 88.0 Å². The van der Waals surface area contributed by atoms with E-state index < -0.39 is 102 Å². The van der Waals surface area contributed by atoms with Gasteiger partial charge in [0.25, 0.3) is 20.0 Å². The quantitative estimate of drug-likeness (QED) is 0.0377. The average molecular weight is 1480 g/mol. The van der Waals surface area contributed by atoms with Gasteiger partial charge in [-0.15, -0.1) is 0 Å². The zero-order chi connectivity index (χ0) is 74.1. The first kappa shape index (κ1) is 82.4. The highest BCUT2D eigenvalue weighted by Gasteiger charge is 2.28. The topological polar surface area (TPSA) is 483 Å². The number of amides is 4. The van der Waals surface area contributed by atoms with Crippen LogP contribution in [-0.2, 0) is 86.4 Å². The lowest BCUT2D eigenvalue weighted by Gasteiger charge is -2.20. The molecule has 0 saturated heterocycles. The van der Waals surface area contributed by atoms with E-state index >= 15 is 0 Å². The number of sulfonamides is 6. The smallest absolute Gasteiger partial charge is 0.333 e. The number of aliphatic hydroxyl groups is 3. The number of nitrogens with two attached hydrogens (primary N) is 1. The number of nitrogens with zero attached hydrogens (tertiary/aromatic N) is 5. The van der Waals surface area contributed by atoms with Crippen LogP contribution in [0.4, 0.5) is 21.0 Å². The maximum Gasteiger partial charge on any atom is 0.333 e. The number of aliphatic hydroxyl groups excluding tert-OH is 3. The van der Waals surface area contributed by atoms with Gasteiger partial charge in [0.2, 0.25) is 46.0 Å². The Labute approximate surface area is 572 Å². The molecule has 7 rings (SSSR count). The molecule has 37 heteroatoms. The Bertz CT molecular complexity index is 4450. The van der Waals surface area contributed by atoms with E-state index in [1.165, 1.54) is 32.0 Å². The molecule has 0 radical (unpaired) electrons. The highest BCUT2D eigenvalue weighted by molar-refractivity contribution is 7.91. The maximum atomic E-state index is 12.8. The molecule has 4 heterocycles. The standard InChI is InChI=1S/2C20H28N4O6S2.C13H15N3O.C8H12N2O5S2/c2*1-12(2)16-9-22-10-17(13(3)4)19(16)23-20(26)24-32(29,30)18-7-6-15(8-14(18)11-25)31(27,28)21-5;1-10(2)12-8-14-4-3-11(12)7-13(17)16-6-5-15-9-16;1-10-17(14,15)7-2-3-8(16(9,12)13)6(4-7)5-11/h2*6-10,12-13,21,25H,11H2,1-5H3,(H2,22,23,24,26);3-6,8-10H,7H2,1-2H3;2-4,10-11H,5H2,1H3,(H2,9,12,13). The monoisotopic (exact) mass is 1480 g/mol. The number of aromatic nitrogens is 5. The SMILES string of the molecule is CC(C)c1cnccc1CC(=O)n1ccnc1.CNS(=O)(=O)c1ccc(S(=O)(=O)NC(=O)Nc2c(C(C)C)cncc2C(C)C)c(CO)c1.CNS(=O)(=O)c1ccc(S(=O)(=O)NC(=O)Nc2c(C(C)C)cncc2C(C)C)c(CO)c1.CNS(=O)(=O)c1ccc(S(N)(=O)=O)c(CO)c1. The van der Waals surface area contributed by atoms with Crippen LogP contribution in [-0.4, -0.2) is 129 Å². The predicted octanol–water partition coefficient (Wildman–Crippen LogP) is 5.50. The third-order valence-corrected chi connectivity index (χ3v) is 22.5. The fraction of sp³-hybridized carbons (Fsp3) is 0.361. The Hall–Kier alpha value is -8.05. The highest BCUT2D eigenvalue weighted by atomic mass is 32.2. The molecule has 0 spiro atoms. The molecule has 12 N–H and O–H groups in total. The van der Waals surface area contributed by atoms with Crippen molar-refractivity contribution in [3.05, 3.63) is 167 Å². The van der Waals surface area contributed by atoms with Crippen molar-refractivity contribution < 1.29 is 80.2 Å². The van der Waals surface area contributed by atoms with Gasteiger partial charge in [0, 0.05) is 49.6 Å². The number of pyridine rings is 3. The van der Waals surface area contributed by atoms with Gasteiger partial charge in [0.1, 0.15) is 6.33 Å². The molecule has 31 nitrogen and oxygen atoms in total. The van der Waals surface area contributed by atoms with Gasteiger partial charge in [0.15, 0.2) is 0 Å². The Kier molecular flexibility index (Phi) is 29.5. The minimum Gasteiger partial charge on any atom is -0.392 e. The van der Waals surface area contributed by atoms with Crippen molar-refractivity contribution in [1.29, 1.82) is 0 Å². The summed E-state index contributed by atoms with van der Waals surface area (Å²) in [5, 5.41) is 38.3. The summed E-state index contributed by atoms with van der Waals surface area (Å²) in [5.41, 5.74) is 5.72. The molecule has 0 aliphatic rings. The van der Waals surface area contributed by atoms with E-state index in [1.807, 2.05) is 77.1 Å². The van der Waals surface area contributed by atoms with E-state index in [1.54, 1.807) is 43.4 Å². The largest absolute Gasteiger partial charge is 0.392 e. The summed E-state index contributed by atoms with van der Waals surface area (Å²) in [6.45, 7) is 17.5. The second kappa shape index (κ2) is 35.1. The number of nitrogens with one attached hydrogen (secondary N) is 7. The minimum atomic E-state index is -4.41. The molecule has 4 amide bonds. The number of imidazole rings is 1. The molecule has 0 fully saturated rings. The van der Waals surface area contributed by atoms with Crippen LogP contribution in [0.3, 0.4) is 0 Å². The Morgan fingerprint density at radius 3 is 1.05 bits per heavy atom. The molecule has 0 unspecified atom stereocenters. The second-order valence-corrected chi connectivity index (χ2v) is 33.3. The van der Waals surface area contributed by atoms with Crippen LogP contribution in [0.2, 0.25) is 0 Å². The van der Waals surface area contributed by atoms with Crippen LogP contribution < -0.4 is 39.4 Å². The van der Waals surface area contributed by atoms with E-state index in [9.17, 15) is 75.1 Å². The first-order valence-electron chi connectivity index (χ1n) is 29.7. The lowest BCUT2D eigenvalue weighted by atomic mass is 9.95.